The summed E-state index contributed by atoms with van der Waals surface area (Å²) in [6, 6.07) is 13.7. The van der Waals surface area contributed by atoms with E-state index in [-0.39, 0.29) is 17.2 Å². The normalized spacial score (nSPS) is 17.9. The van der Waals surface area contributed by atoms with Crippen LogP contribution in [0.2, 0.25) is 0 Å². The van der Waals surface area contributed by atoms with Crippen molar-refractivity contribution in [2.45, 2.75) is 101 Å². The molecular formula is C32H48N2O8S. The second-order valence-electron chi connectivity index (χ2n) is 12.2. The van der Waals surface area contributed by atoms with Gasteiger partial charge in [-0.2, -0.15) is 0 Å². The van der Waals surface area contributed by atoms with Crippen LogP contribution in [-0.2, 0) is 30.7 Å². The van der Waals surface area contributed by atoms with Crippen molar-refractivity contribution in [3.63, 3.8) is 0 Å². The maximum absolute atomic E-state index is 13.6. The fourth-order valence-corrected chi connectivity index (χ4v) is 6.42. The maximum atomic E-state index is 13.6. The molecule has 0 spiro atoms. The highest BCUT2D eigenvalue weighted by molar-refractivity contribution is 7.89. The van der Waals surface area contributed by atoms with Crippen molar-refractivity contribution in [1.82, 2.24) is 10.0 Å². The van der Waals surface area contributed by atoms with E-state index in [1.807, 2.05) is 44.2 Å². The van der Waals surface area contributed by atoms with Gasteiger partial charge in [0, 0.05) is 6.42 Å². The molecule has 240 valence electrons. The minimum Gasteiger partial charge on any atom is -0.497 e. The van der Waals surface area contributed by atoms with Gasteiger partial charge in [0.25, 0.3) is 0 Å². The number of ether oxygens (including phenoxy) is 4. The summed E-state index contributed by atoms with van der Waals surface area (Å²) in [4.78, 5) is 12.9. The van der Waals surface area contributed by atoms with E-state index in [1.165, 1.54) is 19.2 Å². The number of amides is 1. The lowest BCUT2D eigenvalue weighted by molar-refractivity contribution is -0.149. The summed E-state index contributed by atoms with van der Waals surface area (Å²) >= 11 is 0. The van der Waals surface area contributed by atoms with Gasteiger partial charge in [0.05, 0.1) is 43.4 Å². The Morgan fingerprint density at radius 2 is 1.67 bits per heavy atom. The Bertz CT molecular complexity index is 1240. The van der Waals surface area contributed by atoms with Crippen molar-refractivity contribution < 1.29 is 37.3 Å². The van der Waals surface area contributed by atoms with Gasteiger partial charge in [0.15, 0.2) is 5.79 Å². The summed E-state index contributed by atoms with van der Waals surface area (Å²) in [6.07, 6.45) is 0.672. The number of sulfonamides is 1. The number of alkyl carbamates (subject to hydrolysis) is 1. The molecular weight excluding hydrogens is 572 g/mol. The second-order valence-corrected chi connectivity index (χ2v) is 13.9. The quantitative estimate of drug-likeness (QED) is 0.259. The minimum absolute atomic E-state index is 0.0294. The number of carbonyl (C=O) groups excluding carboxylic acids is 1. The van der Waals surface area contributed by atoms with Crippen molar-refractivity contribution >= 4 is 16.1 Å². The maximum Gasteiger partial charge on any atom is 0.407 e. The number of aliphatic hydroxyl groups excluding tert-OH is 1. The van der Waals surface area contributed by atoms with Crippen molar-refractivity contribution in [3.05, 3.63) is 60.2 Å². The Morgan fingerprint density at radius 3 is 2.23 bits per heavy atom. The van der Waals surface area contributed by atoms with Crippen LogP contribution in [0, 0.1) is 5.92 Å². The molecule has 1 fully saturated rings. The van der Waals surface area contributed by atoms with Crippen LogP contribution >= 0.6 is 0 Å². The summed E-state index contributed by atoms with van der Waals surface area (Å²) in [7, 11) is -2.54. The van der Waals surface area contributed by atoms with E-state index in [9.17, 15) is 18.3 Å². The first-order valence-corrected chi connectivity index (χ1v) is 16.4. The third-order valence-electron chi connectivity index (χ3n) is 7.57. The predicted molar refractivity (Wildman–Crippen MR) is 164 cm³/mol. The molecule has 2 unspecified atom stereocenters. The zero-order valence-corrected chi connectivity index (χ0v) is 27.0. The molecule has 2 aromatic carbocycles. The number of hydrogen-bond acceptors (Lipinski definition) is 8. The third kappa shape index (κ3) is 11.1. The number of rotatable bonds is 15. The fraction of sp³-hybridized carbons (Fsp3) is 0.594. The Kier molecular flexibility index (Phi) is 12.4. The number of benzene rings is 2. The van der Waals surface area contributed by atoms with E-state index in [0.717, 1.165) is 12.0 Å². The first-order valence-electron chi connectivity index (χ1n) is 14.9. The van der Waals surface area contributed by atoms with E-state index in [2.05, 4.69) is 10.0 Å². The van der Waals surface area contributed by atoms with Gasteiger partial charge in [0.2, 0.25) is 10.0 Å². The van der Waals surface area contributed by atoms with Crippen LogP contribution in [0.15, 0.2) is 59.5 Å². The van der Waals surface area contributed by atoms with Crippen LogP contribution in [0.25, 0.3) is 0 Å². The number of nitrogens with one attached hydrogen (secondary N) is 2. The first kappa shape index (κ1) is 34.8. The highest BCUT2D eigenvalue weighted by atomic mass is 32.2. The number of aliphatic hydroxyl groups is 1. The number of carbonyl (C=O) groups is 1. The van der Waals surface area contributed by atoms with Crippen LogP contribution in [0.1, 0.15) is 65.9 Å². The average Bonchev–Trinajstić information content (AvgIpc) is 3.39. The molecule has 2 aromatic rings. The van der Waals surface area contributed by atoms with Gasteiger partial charge >= 0.3 is 6.09 Å². The molecule has 11 heteroatoms. The van der Waals surface area contributed by atoms with Crippen LogP contribution < -0.4 is 14.8 Å². The van der Waals surface area contributed by atoms with Crippen LogP contribution in [-0.4, -0.2) is 69.5 Å². The summed E-state index contributed by atoms with van der Waals surface area (Å²) < 4.78 is 52.2. The molecule has 0 aromatic heterocycles. The van der Waals surface area contributed by atoms with Crippen molar-refractivity contribution in [1.29, 1.82) is 0 Å². The minimum atomic E-state index is -4.05. The van der Waals surface area contributed by atoms with Crippen LogP contribution in [0.3, 0.4) is 0 Å². The van der Waals surface area contributed by atoms with E-state index in [1.54, 1.807) is 32.9 Å². The second kappa shape index (κ2) is 15.3. The highest BCUT2D eigenvalue weighted by Crippen LogP contribution is 2.30. The highest BCUT2D eigenvalue weighted by Gasteiger charge is 2.36. The SMILES string of the molecule is CCC(CCC1(C)OCCO1)CC(NS(=O)(=O)c1ccc(OC)cc1)[C@H](O)[C@H](Cc1ccccc1)NC(=O)OC(C)(C)C. The predicted octanol–water partition coefficient (Wildman–Crippen LogP) is 4.80. The first-order chi connectivity index (χ1) is 20.2. The van der Waals surface area contributed by atoms with Gasteiger partial charge in [-0.1, -0.05) is 43.7 Å². The van der Waals surface area contributed by atoms with E-state index in [4.69, 9.17) is 18.9 Å². The largest absolute Gasteiger partial charge is 0.497 e. The van der Waals surface area contributed by atoms with Crippen LogP contribution in [0.4, 0.5) is 4.79 Å². The van der Waals surface area contributed by atoms with Gasteiger partial charge in [0.1, 0.15) is 11.4 Å². The molecule has 0 radical (unpaired) electrons. The molecule has 3 N–H and O–H groups in total. The smallest absolute Gasteiger partial charge is 0.407 e. The van der Waals surface area contributed by atoms with E-state index < -0.39 is 45.7 Å². The molecule has 3 rings (SSSR count). The zero-order valence-electron chi connectivity index (χ0n) is 26.2. The monoisotopic (exact) mass is 620 g/mol. The molecule has 43 heavy (non-hydrogen) atoms. The third-order valence-corrected chi connectivity index (χ3v) is 9.08. The molecule has 0 bridgehead atoms. The number of hydrogen-bond donors (Lipinski definition) is 3. The zero-order chi connectivity index (χ0) is 31.7. The molecule has 1 saturated heterocycles. The molecule has 4 atom stereocenters. The van der Waals surface area contributed by atoms with Crippen molar-refractivity contribution in [2.75, 3.05) is 20.3 Å². The van der Waals surface area contributed by atoms with Gasteiger partial charge in [-0.25, -0.2) is 17.9 Å². The van der Waals surface area contributed by atoms with Gasteiger partial charge in [-0.3, -0.25) is 0 Å². The molecule has 10 nitrogen and oxygen atoms in total. The molecule has 1 heterocycles. The molecule has 1 aliphatic heterocycles. The van der Waals surface area contributed by atoms with Gasteiger partial charge in [-0.05, 0) is 82.7 Å². The molecule has 1 amide bonds. The fourth-order valence-electron chi connectivity index (χ4n) is 5.16. The standard InChI is InChI=1S/C32H48N2O8S/c1-7-23(17-18-32(5)40-19-20-41-32)21-28(34-43(37,38)26-15-13-25(39-6)14-16-26)29(35)27(22-24-11-9-8-10-12-24)33-30(36)42-31(2,3)4/h8-16,23,27-29,34-35H,7,17-22H2,1-6H3,(H,33,36)/t23?,27-,28?,29+/m0/s1. The average molecular weight is 621 g/mol. The van der Waals surface area contributed by atoms with Crippen molar-refractivity contribution in [2.24, 2.45) is 5.92 Å². The Labute approximate surface area is 256 Å². The molecule has 1 aliphatic rings. The summed E-state index contributed by atoms with van der Waals surface area (Å²) in [5, 5.41) is 14.7. The Balaban J connectivity index is 1.91. The van der Waals surface area contributed by atoms with Gasteiger partial charge < -0.3 is 29.4 Å². The lowest BCUT2D eigenvalue weighted by Crippen LogP contribution is -2.56. The van der Waals surface area contributed by atoms with E-state index >= 15 is 0 Å². The summed E-state index contributed by atoms with van der Waals surface area (Å²) in [6.45, 7) is 10.3. The molecule has 0 aliphatic carbocycles. The Morgan fingerprint density at radius 1 is 1.05 bits per heavy atom. The lowest BCUT2D eigenvalue weighted by Gasteiger charge is -2.34. The molecule has 0 saturated carbocycles. The summed E-state index contributed by atoms with van der Waals surface area (Å²) in [5.74, 6) is -0.129. The topological polar surface area (TPSA) is 132 Å². The summed E-state index contributed by atoms with van der Waals surface area (Å²) in [5.41, 5.74) is 0.116. The Hall–Kier alpha value is -2.70. The van der Waals surface area contributed by atoms with E-state index in [0.29, 0.717) is 38.2 Å². The number of methoxy groups -OCH3 is 1. The lowest BCUT2D eigenvalue weighted by atomic mass is 9.86. The van der Waals surface area contributed by atoms with Crippen molar-refractivity contribution in [3.8, 4) is 5.75 Å². The van der Waals surface area contributed by atoms with Gasteiger partial charge in [-0.15, -0.1) is 0 Å². The van der Waals surface area contributed by atoms with Crippen LogP contribution in [0.5, 0.6) is 5.75 Å².